The first-order valence-electron chi connectivity index (χ1n) is 5.45. The number of hydrogen-bond acceptors (Lipinski definition) is 3. The summed E-state index contributed by atoms with van der Waals surface area (Å²) < 4.78 is 12.5. The van der Waals surface area contributed by atoms with Crippen LogP contribution < -0.4 is 9.47 Å². The molecule has 0 bridgehead atoms. The number of methoxy groups -OCH3 is 1. The van der Waals surface area contributed by atoms with Gasteiger partial charge in [0, 0.05) is 12.7 Å². The van der Waals surface area contributed by atoms with Gasteiger partial charge >= 0.3 is 0 Å². The normalized spacial score (nSPS) is 10.3. The topological polar surface area (TPSA) is 36.3 Å². The number of ether oxygens (including phenoxy) is 2. The molecule has 4 nitrogen and oxygen atoms in total. The molecule has 0 amide bonds. The second kappa shape index (κ2) is 4.91. The number of rotatable bonds is 4. The second-order valence-electron chi connectivity index (χ2n) is 3.86. The summed E-state index contributed by atoms with van der Waals surface area (Å²) in [6.07, 6.45) is 0. The highest BCUT2D eigenvalue weighted by Gasteiger charge is 2.02. The van der Waals surface area contributed by atoms with Crippen LogP contribution in [0.2, 0.25) is 0 Å². The third-order valence-corrected chi connectivity index (χ3v) is 2.61. The Hall–Kier alpha value is -1.97. The molecule has 0 aliphatic carbocycles. The monoisotopic (exact) mass is 232 g/mol. The molecule has 0 aliphatic rings. The van der Waals surface area contributed by atoms with Crippen LogP contribution >= 0.6 is 0 Å². The van der Waals surface area contributed by atoms with Gasteiger partial charge in [0.15, 0.2) is 0 Å². The van der Waals surface area contributed by atoms with Crippen LogP contribution in [0.3, 0.4) is 0 Å². The van der Waals surface area contributed by atoms with E-state index < -0.39 is 0 Å². The zero-order chi connectivity index (χ0) is 12.3. The van der Waals surface area contributed by atoms with E-state index >= 15 is 0 Å². The van der Waals surface area contributed by atoms with E-state index in [1.807, 2.05) is 49.0 Å². The number of nitrogens with zero attached hydrogens (tertiary/aromatic N) is 2. The standard InChI is InChI=1S/C13H16N2O2/c1-10-8-11(14-15(10)2)9-17-13-6-4-12(16-3)5-7-13/h4-8H,9H2,1-3H3. The van der Waals surface area contributed by atoms with Gasteiger partial charge in [0.25, 0.3) is 0 Å². The highest BCUT2D eigenvalue weighted by molar-refractivity contribution is 5.31. The van der Waals surface area contributed by atoms with Crippen molar-refractivity contribution in [3.63, 3.8) is 0 Å². The highest BCUT2D eigenvalue weighted by atomic mass is 16.5. The molecule has 2 aromatic rings. The molecule has 0 aliphatic heterocycles. The van der Waals surface area contributed by atoms with Crippen LogP contribution in [0.1, 0.15) is 11.4 Å². The van der Waals surface area contributed by atoms with Gasteiger partial charge in [-0.05, 0) is 37.3 Å². The highest BCUT2D eigenvalue weighted by Crippen LogP contribution is 2.18. The van der Waals surface area contributed by atoms with Crippen LogP contribution in [0.4, 0.5) is 0 Å². The molecule has 1 heterocycles. The first-order chi connectivity index (χ1) is 8.19. The lowest BCUT2D eigenvalue weighted by Crippen LogP contribution is -1.98. The fourth-order valence-electron chi connectivity index (χ4n) is 1.53. The molecule has 0 N–H and O–H groups in total. The van der Waals surface area contributed by atoms with E-state index in [0.29, 0.717) is 6.61 Å². The van der Waals surface area contributed by atoms with Gasteiger partial charge in [-0.25, -0.2) is 0 Å². The molecule has 1 aromatic carbocycles. The molecule has 0 radical (unpaired) electrons. The second-order valence-corrected chi connectivity index (χ2v) is 3.86. The van der Waals surface area contributed by atoms with E-state index in [0.717, 1.165) is 22.9 Å². The molecule has 0 saturated heterocycles. The molecule has 17 heavy (non-hydrogen) atoms. The van der Waals surface area contributed by atoms with Gasteiger partial charge in [0.1, 0.15) is 23.8 Å². The molecular formula is C13H16N2O2. The summed E-state index contributed by atoms with van der Waals surface area (Å²) in [5.41, 5.74) is 2.05. The third-order valence-electron chi connectivity index (χ3n) is 2.61. The van der Waals surface area contributed by atoms with Gasteiger partial charge in [0.2, 0.25) is 0 Å². The van der Waals surface area contributed by atoms with Crippen molar-refractivity contribution >= 4 is 0 Å². The Morgan fingerprint density at radius 1 is 1.18 bits per heavy atom. The van der Waals surface area contributed by atoms with Crippen LogP contribution in [0.5, 0.6) is 11.5 Å². The van der Waals surface area contributed by atoms with Crippen LogP contribution in [0.15, 0.2) is 30.3 Å². The molecule has 90 valence electrons. The first-order valence-corrected chi connectivity index (χ1v) is 5.45. The molecule has 0 spiro atoms. The van der Waals surface area contributed by atoms with Crippen molar-refractivity contribution in [2.45, 2.75) is 13.5 Å². The van der Waals surface area contributed by atoms with Crippen molar-refractivity contribution in [3.05, 3.63) is 41.7 Å². The summed E-state index contributed by atoms with van der Waals surface area (Å²) in [6.45, 7) is 2.50. The molecule has 0 saturated carbocycles. The van der Waals surface area contributed by atoms with Crippen LogP contribution in [-0.4, -0.2) is 16.9 Å². The fourth-order valence-corrected chi connectivity index (χ4v) is 1.53. The van der Waals surface area contributed by atoms with Gasteiger partial charge < -0.3 is 9.47 Å². The Labute approximate surface area is 101 Å². The maximum absolute atomic E-state index is 5.63. The minimum absolute atomic E-state index is 0.480. The van der Waals surface area contributed by atoms with Crippen molar-refractivity contribution in [1.82, 2.24) is 9.78 Å². The predicted molar refractivity (Wildman–Crippen MR) is 65.3 cm³/mol. The van der Waals surface area contributed by atoms with E-state index in [4.69, 9.17) is 9.47 Å². The Kier molecular flexibility index (Phi) is 3.32. The van der Waals surface area contributed by atoms with Crippen molar-refractivity contribution in [1.29, 1.82) is 0 Å². The minimum atomic E-state index is 0.480. The first kappa shape index (κ1) is 11.5. The van der Waals surface area contributed by atoms with Crippen molar-refractivity contribution < 1.29 is 9.47 Å². The molecule has 4 heteroatoms. The lowest BCUT2D eigenvalue weighted by atomic mass is 10.3. The Balaban J connectivity index is 1.97. The molecule has 0 atom stereocenters. The van der Waals surface area contributed by atoms with E-state index in [9.17, 15) is 0 Å². The maximum atomic E-state index is 5.63. The maximum Gasteiger partial charge on any atom is 0.132 e. The van der Waals surface area contributed by atoms with Gasteiger partial charge in [-0.15, -0.1) is 0 Å². The van der Waals surface area contributed by atoms with Crippen molar-refractivity contribution in [2.75, 3.05) is 7.11 Å². The number of benzene rings is 1. The molecular weight excluding hydrogens is 216 g/mol. The van der Waals surface area contributed by atoms with Gasteiger partial charge in [0.05, 0.1) is 7.11 Å². The summed E-state index contributed by atoms with van der Waals surface area (Å²) in [5, 5.41) is 4.33. The van der Waals surface area contributed by atoms with Gasteiger partial charge in [-0.3, -0.25) is 4.68 Å². The Morgan fingerprint density at radius 3 is 2.35 bits per heavy atom. The summed E-state index contributed by atoms with van der Waals surface area (Å²) in [6, 6.07) is 9.53. The van der Waals surface area contributed by atoms with Gasteiger partial charge in [-0.1, -0.05) is 0 Å². The predicted octanol–water partition coefficient (Wildman–Crippen LogP) is 2.32. The minimum Gasteiger partial charge on any atom is -0.497 e. The molecule has 1 aromatic heterocycles. The van der Waals surface area contributed by atoms with Crippen LogP contribution in [0.25, 0.3) is 0 Å². The van der Waals surface area contributed by atoms with E-state index in [1.54, 1.807) is 7.11 Å². The number of aryl methyl sites for hydroxylation is 2. The molecule has 0 unspecified atom stereocenters. The zero-order valence-corrected chi connectivity index (χ0v) is 10.3. The smallest absolute Gasteiger partial charge is 0.132 e. The van der Waals surface area contributed by atoms with Crippen molar-refractivity contribution in [3.8, 4) is 11.5 Å². The molecule has 0 fully saturated rings. The fraction of sp³-hybridized carbons (Fsp3) is 0.308. The van der Waals surface area contributed by atoms with Crippen molar-refractivity contribution in [2.24, 2.45) is 7.05 Å². The third kappa shape index (κ3) is 2.78. The summed E-state index contributed by atoms with van der Waals surface area (Å²) in [5.74, 6) is 1.64. The van der Waals surface area contributed by atoms with E-state index in [1.165, 1.54) is 0 Å². The lowest BCUT2D eigenvalue weighted by molar-refractivity contribution is 0.299. The number of aromatic nitrogens is 2. The van der Waals surface area contributed by atoms with Crippen LogP contribution in [0, 0.1) is 6.92 Å². The van der Waals surface area contributed by atoms with E-state index in [2.05, 4.69) is 5.10 Å². The van der Waals surface area contributed by atoms with E-state index in [-0.39, 0.29) is 0 Å². The quantitative estimate of drug-likeness (QED) is 0.811. The SMILES string of the molecule is COc1ccc(OCc2cc(C)n(C)n2)cc1. The lowest BCUT2D eigenvalue weighted by Gasteiger charge is -2.05. The summed E-state index contributed by atoms with van der Waals surface area (Å²) >= 11 is 0. The zero-order valence-electron chi connectivity index (χ0n) is 10.3. The largest absolute Gasteiger partial charge is 0.497 e. The Bertz CT molecular complexity index is 469. The summed E-state index contributed by atoms with van der Waals surface area (Å²) in [7, 11) is 3.57. The Morgan fingerprint density at radius 2 is 1.82 bits per heavy atom. The molecule has 2 rings (SSSR count). The number of hydrogen-bond donors (Lipinski definition) is 0. The van der Waals surface area contributed by atoms with Crippen LogP contribution in [-0.2, 0) is 13.7 Å². The summed E-state index contributed by atoms with van der Waals surface area (Å²) in [4.78, 5) is 0. The van der Waals surface area contributed by atoms with Gasteiger partial charge in [-0.2, -0.15) is 5.10 Å². The average Bonchev–Trinajstić information content (AvgIpc) is 2.67. The average molecular weight is 232 g/mol.